The molecule has 4 rings (SSSR count). The third kappa shape index (κ3) is 2.38. The first-order valence-corrected chi connectivity index (χ1v) is 8.26. The first-order valence-electron chi connectivity index (χ1n) is 7.45. The van der Waals surface area contributed by atoms with Crippen molar-refractivity contribution >= 4 is 17.2 Å². The van der Waals surface area contributed by atoms with Crippen molar-refractivity contribution in [1.29, 1.82) is 0 Å². The third-order valence-electron chi connectivity index (χ3n) is 4.30. The zero-order chi connectivity index (χ0) is 14.2. The van der Waals surface area contributed by atoms with Gasteiger partial charge in [-0.3, -0.25) is 4.79 Å². The fraction of sp³-hybridized carbons (Fsp3) is 0.467. The summed E-state index contributed by atoms with van der Waals surface area (Å²) in [6.45, 7) is 2.48. The molecular formula is C15H18N4OS. The van der Waals surface area contributed by atoms with Gasteiger partial charge in [0, 0.05) is 23.9 Å². The van der Waals surface area contributed by atoms with Crippen molar-refractivity contribution in [3.63, 3.8) is 0 Å². The lowest BCUT2D eigenvalue weighted by atomic mass is 10.1. The first-order chi connectivity index (χ1) is 10.3. The van der Waals surface area contributed by atoms with E-state index < -0.39 is 0 Å². The lowest BCUT2D eigenvalue weighted by Gasteiger charge is -2.25. The van der Waals surface area contributed by atoms with Crippen LogP contribution in [0.25, 0.3) is 0 Å². The molecule has 2 aliphatic rings. The molecule has 0 saturated carbocycles. The number of nitrogens with one attached hydrogen (secondary N) is 2. The van der Waals surface area contributed by atoms with E-state index in [9.17, 15) is 4.79 Å². The summed E-state index contributed by atoms with van der Waals surface area (Å²) in [4.78, 5) is 24.1. The van der Waals surface area contributed by atoms with Gasteiger partial charge in [0.1, 0.15) is 0 Å². The van der Waals surface area contributed by atoms with Crippen LogP contribution in [0.3, 0.4) is 0 Å². The maximum absolute atomic E-state index is 12.6. The highest BCUT2D eigenvalue weighted by Gasteiger charge is 2.25. The number of imidazole rings is 1. The Morgan fingerprint density at radius 2 is 2.38 bits per heavy atom. The fourth-order valence-electron chi connectivity index (χ4n) is 3.12. The normalized spacial score (nSPS) is 21.5. The second kappa shape index (κ2) is 5.27. The van der Waals surface area contributed by atoms with Crippen molar-refractivity contribution in [2.75, 3.05) is 13.1 Å². The van der Waals surface area contributed by atoms with Gasteiger partial charge in [-0.05, 0) is 31.5 Å². The molecule has 0 aromatic carbocycles. The van der Waals surface area contributed by atoms with Gasteiger partial charge in [-0.25, -0.2) is 4.98 Å². The number of carbonyl (C=O) groups excluding carboxylic acids is 1. The van der Waals surface area contributed by atoms with Crippen LogP contribution in [-0.2, 0) is 13.0 Å². The number of fused-ring (bicyclic) bond motifs is 1. The number of rotatable bonds is 2. The van der Waals surface area contributed by atoms with Gasteiger partial charge in [-0.2, -0.15) is 0 Å². The lowest BCUT2D eigenvalue weighted by molar-refractivity contribution is 0.0737. The summed E-state index contributed by atoms with van der Waals surface area (Å²) in [5.41, 5.74) is 2.17. The van der Waals surface area contributed by atoms with Gasteiger partial charge >= 0.3 is 0 Å². The molecule has 110 valence electrons. The molecule has 4 heterocycles. The monoisotopic (exact) mass is 302 g/mol. The van der Waals surface area contributed by atoms with Crippen molar-refractivity contribution in [2.24, 2.45) is 0 Å². The third-order valence-corrected chi connectivity index (χ3v) is 5.49. The van der Waals surface area contributed by atoms with Crippen LogP contribution in [0.15, 0.2) is 18.5 Å². The van der Waals surface area contributed by atoms with E-state index in [1.807, 2.05) is 11.0 Å². The van der Waals surface area contributed by atoms with Gasteiger partial charge in [0.25, 0.3) is 5.91 Å². The van der Waals surface area contributed by atoms with Crippen LogP contribution in [0.2, 0.25) is 0 Å². The molecule has 0 spiro atoms. The number of thiophene rings is 1. The molecule has 1 atom stereocenters. The molecule has 2 aromatic rings. The van der Waals surface area contributed by atoms with Crippen LogP contribution in [0, 0.1) is 0 Å². The average Bonchev–Trinajstić information content (AvgIpc) is 3.24. The van der Waals surface area contributed by atoms with Crippen molar-refractivity contribution in [1.82, 2.24) is 20.2 Å². The molecule has 0 unspecified atom stereocenters. The smallest absolute Gasteiger partial charge is 0.264 e. The standard InChI is InChI=1S/C15H18N4OS/c20-15(19-7-5-10-12(8-19)18-9-17-10)14-4-3-13(21-14)11-2-1-6-16-11/h3-4,9,11,16H,1-2,5-8H2,(H,17,18)/t11-/m1/s1. The molecule has 1 saturated heterocycles. The van der Waals surface area contributed by atoms with E-state index in [0.717, 1.165) is 35.8 Å². The topological polar surface area (TPSA) is 61.0 Å². The second-order valence-corrected chi connectivity index (χ2v) is 6.77. The average molecular weight is 302 g/mol. The Bertz CT molecular complexity index is 656. The molecule has 2 N–H and O–H groups in total. The number of amides is 1. The van der Waals surface area contributed by atoms with Gasteiger partial charge in [-0.15, -0.1) is 11.3 Å². The largest absolute Gasteiger partial charge is 0.347 e. The van der Waals surface area contributed by atoms with Gasteiger partial charge in [0.2, 0.25) is 0 Å². The highest BCUT2D eigenvalue weighted by Crippen LogP contribution is 2.30. The molecule has 6 heteroatoms. The van der Waals surface area contributed by atoms with Crippen molar-refractivity contribution in [2.45, 2.75) is 31.8 Å². The summed E-state index contributed by atoms with van der Waals surface area (Å²) in [5.74, 6) is 0.143. The highest BCUT2D eigenvalue weighted by atomic mass is 32.1. The van der Waals surface area contributed by atoms with Gasteiger partial charge in [0.15, 0.2) is 0 Å². The quantitative estimate of drug-likeness (QED) is 0.893. The van der Waals surface area contributed by atoms with E-state index in [1.54, 1.807) is 17.7 Å². The van der Waals surface area contributed by atoms with E-state index >= 15 is 0 Å². The van der Waals surface area contributed by atoms with E-state index in [4.69, 9.17) is 0 Å². The molecule has 2 aliphatic heterocycles. The number of H-pyrrole nitrogens is 1. The van der Waals surface area contributed by atoms with Crippen LogP contribution in [0.1, 0.15) is 44.8 Å². The Morgan fingerprint density at radius 1 is 1.43 bits per heavy atom. The Labute approximate surface area is 127 Å². The maximum atomic E-state index is 12.6. The number of hydrogen-bond donors (Lipinski definition) is 2. The molecule has 21 heavy (non-hydrogen) atoms. The summed E-state index contributed by atoms with van der Waals surface area (Å²) in [6.07, 6.45) is 4.95. The highest BCUT2D eigenvalue weighted by molar-refractivity contribution is 7.14. The number of aromatic nitrogens is 2. The maximum Gasteiger partial charge on any atom is 0.264 e. The number of aromatic amines is 1. The second-order valence-electron chi connectivity index (χ2n) is 5.66. The van der Waals surface area contributed by atoms with Crippen LogP contribution >= 0.6 is 11.3 Å². The minimum atomic E-state index is 0.143. The predicted octanol–water partition coefficient (Wildman–Crippen LogP) is 2.09. The first kappa shape index (κ1) is 13.0. The summed E-state index contributed by atoms with van der Waals surface area (Å²) >= 11 is 1.64. The fourth-order valence-corrected chi connectivity index (χ4v) is 4.21. The van der Waals surface area contributed by atoms with Gasteiger partial charge < -0.3 is 15.2 Å². The molecule has 0 radical (unpaired) electrons. The molecule has 5 nitrogen and oxygen atoms in total. The summed E-state index contributed by atoms with van der Waals surface area (Å²) in [6, 6.07) is 4.52. The SMILES string of the molecule is O=C(c1ccc([C@H]2CCCN2)s1)N1CCc2nc[nH]c2C1. The van der Waals surface area contributed by atoms with Crippen molar-refractivity contribution in [3.8, 4) is 0 Å². The Morgan fingerprint density at radius 3 is 3.24 bits per heavy atom. The molecule has 0 bridgehead atoms. The van der Waals surface area contributed by atoms with Crippen LogP contribution in [-0.4, -0.2) is 33.9 Å². The number of carbonyl (C=O) groups is 1. The Balaban J connectivity index is 1.50. The van der Waals surface area contributed by atoms with Crippen LogP contribution in [0.5, 0.6) is 0 Å². The predicted molar refractivity (Wildman–Crippen MR) is 81.3 cm³/mol. The summed E-state index contributed by atoms with van der Waals surface area (Å²) < 4.78 is 0. The minimum absolute atomic E-state index is 0.143. The Hall–Kier alpha value is -1.66. The zero-order valence-electron chi connectivity index (χ0n) is 11.8. The van der Waals surface area contributed by atoms with Crippen molar-refractivity contribution in [3.05, 3.63) is 39.6 Å². The van der Waals surface area contributed by atoms with E-state index in [0.29, 0.717) is 12.6 Å². The van der Waals surface area contributed by atoms with Crippen LogP contribution in [0.4, 0.5) is 0 Å². The lowest BCUT2D eigenvalue weighted by Crippen LogP contribution is -2.35. The minimum Gasteiger partial charge on any atom is -0.347 e. The van der Waals surface area contributed by atoms with Gasteiger partial charge in [0.05, 0.1) is 29.1 Å². The van der Waals surface area contributed by atoms with Gasteiger partial charge in [-0.1, -0.05) is 0 Å². The molecule has 2 aromatic heterocycles. The zero-order valence-corrected chi connectivity index (χ0v) is 12.6. The molecule has 1 amide bonds. The summed E-state index contributed by atoms with van der Waals surface area (Å²) in [5, 5.41) is 3.49. The van der Waals surface area contributed by atoms with E-state index in [-0.39, 0.29) is 5.91 Å². The Kier molecular flexibility index (Phi) is 3.27. The van der Waals surface area contributed by atoms with Crippen LogP contribution < -0.4 is 5.32 Å². The summed E-state index contributed by atoms with van der Waals surface area (Å²) in [7, 11) is 0. The van der Waals surface area contributed by atoms with E-state index in [2.05, 4.69) is 21.4 Å². The number of hydrogen-bond acceptors (Lipinski definition) is 4. The molecule has 0 aliphatic carbocycles. The van der Waals surface area contributed by atoms with E-state index in [1.165, 1.54) is 17.7 Å². The molecule has 1 fully saturated rings. The number of nitrogens with zero attached hydrogens (tertiary/aromatic N) is 2. The molecular weight excluding hydrogens is 284 g/mol. The van der Waals surface area contributed by atoms with Crippen molar-refractivity contribution < 1.29 is 4.79 Å².